The first-order valence-electron chi connectivity index (χ1n) is 9.27. The molecule has 1 aromatic heterocycles. The van der Waals surface area contributed by atoms with Crippen molar-refractivity contribution >= 4 is 35.8 Å². The molecule has 0 aliphatic heterocycles. The summed E-state index contributed by atoms with van der Waals surface area (Å²) in [6.07, 6.45) is 3.45. The summed E-state index contributed by atoms with van der Waals surface area (Å²) in [5.41, 5.74) is 1.31. The molecule has 2 aromatic rings. The van der Waals surface area contributed by atoms with Crippen LogP contribution in [0.25, 0.3) is 0 Å². The summed E-state index contributed by atoms with van der Waals surface area (Å²) in [6, 6.07) is 7.41. The Morgan fingerprint density at radius 2 is 1.93 bits per heavy atom. The van der Waals surface area contributed by atoms with Crippen LogP contribution in [0, 0.1) is 0 Å². The second kappa shape index (κ2) is 11.1. The first-order valence-corrected chi connectivity index (χ1v) is 9.27. The summed E-state index contributed by atoms with van der Waals surface area (Å²) in [6.45, 7) is 5.18. The fraction of sp³-hybridized carbons (Fsp3) is 0.450. The molecule has 0 saturated heterocycles. The Balaban J connectivity index is 0.00000420. The number of rotatable bonds is 7. The van der Waals surface area contributed by atoms with Gasteiger partial charge in [0.2, 0.25) is 0 Å². The van der Waals surface area contributed by atoms with Crippen molar-refractivity contribution in [2.24, 2.45) is 12.0 Å². The van der Waals surface area contributed by atoms with Gasteiger partial charge in [-0.2, -0.15) is 5.10 Å². The molecule has 0 radical (unpaired) electrons. The molecule has 0 spiro atoms. The molecule has 3 N–H and O–H groups in total. The van der Waals surface area contributed by atoms with Crippen molar-refractivity contribution in [3.63, 3.8) is 0 Å². The minimum Gasteiger partial charge on any atom is -0.383 e. The number of aromatic nitrogens is 2. The van der Waals surface area contributed by atoms with Gasteiger partial charge in [0, 0.05) is 45.0 Å². The highest BCUT2D eigenvalue weighted by molar-refractivity contribution is 14.0. The number of guanidine groups is 1. The minimum atomic E-state index is -1.07. The van der Waals surface area contributed by atoms with Gasteiger partial charge >= 0.3 is 0 Å². The molecule has 160 valence electrons. The second-order valence-electron chi connectivity index (χ2n) is 7.12. The molecule has 8 nitrogen and oxygen atoms in total. The molecule has 0 bridgehead atoms. The molecule has 1 heterocycles. The van der Waals surface area contributed by atoms with E-state index < -0.39 is 5.60 Å². The van der Waals surface area contributed by atoms with Crippen LogP contribution in [-0.4, -0.2) is 58.8 Å². The Morgan fingerprint density at radius 3 is 2.45 bits per heavy atom. The fourth-order valence-corrected chi connectivity index (χ4v) is 2.58. The Kier molecular flexibility index (Phi) is 9.57. The Bertz CT molecular complexity index is 815. The van der Waals surface area contributed by atoms with Gasteiger partial charge in [-0.25, -0.2) is 4.99 Å². The van der Waals surface area contributed by atoms with E-state index in [4.69, 9.17) is 0 Å². The molecule has 0 saturated carbocycles. The predicted molar refractivity (Wildman–Crippen MR) is 125 cm³/mol. The molecular formula is C20H31IN6O2. The molecule has 9 heteroatoms. The quantitative estimate of drug-likeness (QED) is 0.297. The zero-order chi connectivity index (χ0) is 20.7. The Labute approximate surface area is 189 Å². The van der Waals surface area contributed by atoms with Gasteiger partial charge in [0.25, 0.3) is 5.91 Å². The van der Waals surface area contributed by atoms with Crippen molar-refractivity contribution in [3.8, 4) is 0 Å². The molecule has 1 aromatic carbocycles. The number of aliphatic hydroxyl groups is 1. The summed E-state index contributed by atoms with van der Waals surface area (Å²) < 4.78 is 1.66. The molecule has 1 unspecified atom stereocenters. The largest absolute Gasteiger partial charge is 0.383 e. The number of hydrogen-bond acceptors (Lipinski definition) is 4. The lowest BCUT2D eigenvalue weighted by molar-refractivity contribution is 0.0616. The number of hydrogen-bond donors (Lipinski definition) is 3. The highest BCUT2D eigenvalue weighted by atomic mass is 127. The maximum Gasteiger partial charge on any atom is 0.253 e. The number of amides is 1. The normalized spacial score (nSPS) is 13.2. The van der Waals surface area contributed by atoms with Gasteiger partial charge in [0.05, 0.1) is 19.3 Å². The molecule has 1 atom stereocenters. The number of carbonyl (C=O) groups excluding carboxylic acids is 1. The van der Waals surface area contributed by atoms with Crippen molar-refractivity contribution in [2.75, 3.05) is 27.2 Å². The number of aryl methyl sites for hydroxylation is 1. The fourth-order valence-electron chi connectivity index (χ4n) is 2.58. The molecule has 29 heavy (non-hydrogen) atoms. The van der Waals surface area contributed by atoms with E-state index in [2.05, 4.69) is 20.7 Å². The average molecular weight is 514 g/mol. The lowest BCUT2D eigenvalue weighted by Gasteiger charge is -2.23. The highest BCUT2D eigenvalue weighted by Gasteiger charge is 2.25. The lowest BCUT2D eigenvalue weighted by Crippen LogP contribution is -2.44. The molecule has 0 fully saturated rings. The third-order valence-corrected chi connectivity index (χ3v) is 4.30. The number of benzene rings is 1. The number of aliphatic imine (C=N–C) groups is 1. The molecule has 0 aliphatic carbocycles. The first kappa shape index (κ1) is 24.9. The Hall–Kier alpha value is -2.14. The summed E-state index contributed by atoms with van der Waals surface area (Å²) >= 11 is 0. The van der Waals surface area contributed by atoms with Crippen LogP contribution in [0.4, 0.5) is 0 Å². The maximum absolute atomic E-state index is 12.0. The van der Waals surface area contributed by atoms with E-state index in [1.165, 1.54) is 0 Å². The van der Waals surface area contributed by atoms with Crippen LogP contribution in [-0.2, 0) is 19.2 Å². The first-order chi connectivity index (χ1) is 13.2. The van der Waals surface area contributed by atoms with E-state index in [1.807, 2.05) is 26.1 Å². The smallest absolute Gasteiger partial charge is 0.253 e. The lowest BCUT2D eigenvalue weighted by atomic mass is 10.00. The topological polar surface area (TPSA) is 94.8 Å². The van der Waals surface area contributed by atoms with Gasteiger partial charge in [-0.15, -0.1) is 24.0 Å². The summed E-state index contributed by atoms with van der Waals surface area (Å²) in [5.74, 6) is 0.586. The van der Waals surface area contributed by atoms with Crippen molar-refractivity contribution in [2.45, 2.75) is 26.0 Å². The Morgan fingerprint density at radius 1 is 1.28 bits per heavy atom. The predicted octanol–water partition coefficient (Wildman–Crippen LogP) is 1.70. The van der Waals surface area contributed by atoms with Gasteiger partial charge in [-0.05, 0) is 31.5 Å². The number of nitrogens with one attached hydrogen (secondary N) is 2. The third-order valence-electron chi connectivity index (χ3n) is 4.30. The SMILES string of the molecule is CCNC(=NCc1ccc(C(=O)N(C)C)cc1)NCC(C)(O)c1cnn(C)c1.I. The van der Waals surface area contributed by atoms with E-state index in [9.17, 15) is 9.90 Å². The zero-order valence-corrected chi connectivity index (χ0v) is 20.0. The van der Waals surface area contributed by atoms with Crippen molar-refractivity contribution in [3.05, 3.63) is 53.3 Å². The number of halogens is 1. The van der Waals surface area contributed by atoms with Crippen LogP contribution in [0.15, 0.2) is 41.7 Å². The summed E-state index contributed by atoms with van der Waals surface area (Å²) in [4.78, 5) is 18.1. The maximum atomic E-state index is 12.0. The van der Waals surface area contributed by atoms with Gasteiger partial charge in [0.15, 0.2) is 5.96 Å². The van der Waals surface area contributed by atoms with Gasteiger partial charge in [0.1, 0.15) is 5.60 Å². The van der Waals surface area contributed by atoms with E-state index in [0.717, 1.165) is 11.1 Å². The minimum absolute atomic E-state index is 0. The van der Waals surface area contributed by atoms with Crippen molar-refractivity contribution in [1.29, 1.82) is 0 Å². The standard InChI is InChI=1S/C20H30N6O2.HI/c1-6-21-19(23-14-20(2,28)17-12-24-26(5)13-17)22-11-15-7-9-16(10-8-15)18(27)25(3)4;/h7-10,12-13,28H,6,11,14H2,1-5H3,(H2,21,22,23);1H. The molecular weight excluding hydrogens is 483 g/mol. The van der Waals surface area contributed by atoms with Crippen LogP contribution in [0.3, 0.4) is 0 Å². The summed E-state index contributed by atoms with van der Waals surface area (Å²) in [7, 11) is 5.28. The van der Waals surface area contributed by atoms with E-state index >= 15 is 0 Å². The van der Waals surface area contributed by atoms with Crippen LogP contribution in [0.2, 0.25) is 0 Å². The van der Waals surface area contributed by atoms with Crippen LogP contribution >= 0.6 is 24.0 Å². The van der Waals surface area contributed by atoms with Crippen LogP contribution in [0.5, 0.6) is 0 Å². The monoisotopic (exact) mass is 514 g/mol. The second-order valence-corrected chi connectivity index (χ2v) is 7.12. The molecule has 0 aliphatic rings. The van der Waals surface area contributed by atoms with Crippen molar-refractivity contribution in [1.82, 2.24) is 25.3 Å². The van der Waals surface area contributed by atoms with E-state index in [-0.39, 0.29) is 29.9 Å². The summed E-state index contributed by atoms with van der Waals surface area (Å²) in [5, 5.41) is 21.2. The van der Waals surface area contributed by atoms with Crippen LogP contribution < -0.4 is 10.6 Å². The van der Waals surface area contributed by atoms with E-state index in [0.29, 0.717) is 31.2 Å². The van der Waals surface area contributed by atoms with Crippen LogP contribution in [0.1, 0.15) is 35.3 Å². The molecule has 2 rings (SSSR count). The van der Waals surface area contributed by atoms with Gasteiger partial charge in [-0.1, -0.05) is 12.1 Å². The number of nitrogens with zero attached hydrogens (tertiary/aromatic N) is 4. The number of carbonyl (C=O) groups is 1. The van der Waals surface area contributed by atoms with Gasteiger partial charge < -0.3 is 20.6 Å². The average Bonchev–Trinajstić information content (AvgIpc) is 3.11. The van der Waals surface area contributed by atoms with E-state index in [1.54, 1.807) is 55.1 Å². The van der Waals surface area contributed by atoms with Crippen molar-refractivity contribution < 1.29 is 9.90 Å². The van der Waals surface area contributed by atoms with Gasteiger partial charge in [-0.3, -0.25) is 9.48 Å². The zero-order valence-electron chi connectivity index (χ0n) is 17.6. The third kappa shape index (κ3) is 7.32. The highest BCUT2D eigenvalue weighted by Crippen LogP contribution is 2.18. The molecule has 1 amide bonds.